The summed E-state index contributed by atoms with van der Waals surface area (Å²) in [6.07, 6.45) is 4.93. The molecule has 0 spiro atoms. The molecule has 2 atom stereocenters. The van der Waals surface area contributed by atoms with Crippen LogP contribution in [-0.2, 0) is 14.3 Å². The van der Waals surface area contributed by atoms with Crippen molar-refractivity contribution < 1.29 is 14.3 Å². The molecule has 0 saturated heterocycles. The predicted molar refractivity (Wildman–Crippen MR) is 128 cm³/mol. The van der Waals surface area contributed by atoms with Crippen LogP contribution < -0.4 is 4.90 Å². The van der Waals surface area contributed by atoms with Crippen LogP contribution in [0.5, 0.6) is 0 Å². The summed E-state index contributed by atoms with van der Waals surface area (Å²) in [7, 11) is 0. The van der Waals surface area contributed by atoms with Gasteiger partial charge in [-0.05, 0) is 49.4 Å². The van der Waals surface area contributed by atoms with E-state index in [4.69, 9.17) is 9.72 Å². The van der Waals surface area contributed by atoms with Gasteiger partial charge in [-0.2, -0.15) is 0 Å². The van der Waals surface area contributed by atoms with Gasteiger partial charge < -0.3 is 9.30 Å². The number of para-hydroxylation sites is 2. The summed E-state index contributed by atoms with van der Waals surface area (Å²) in [4.78, 5) is 34.5. The number of hydrogen-bond acceptors (Lipinski definition) is 5. The number of fused-ring (bicyclic) bond motifs is 3. The first-order valence-corrected chi connectivity index (χ1v) is 12.4. The van der Waals surface area contributed by atoms with Crippen molar-refractivity contribution in [2.75, 3.05) is 24.3 Å². The number of hydrogen-bond donors (Lipinski definition) is 0. The number of thioether (sulfide) groups is 1. The number of nitrogens with zero attached hydrogens (tertiary/aromatic N) is 3. The maximum absolute atomic E-state index is 13.8. The molecule has 6 nitrogen and oxygen atoms in total. The normalized spacial score (nSPS) is 18.1. The molecule has 0 radical (unpaired) electrons. The standard InChI is InChI=1S/C25H29N3O3S/c1-4-6-9-16-27-23(29)21(24(30)31-5-2)22(17-12-14-18(32-3)15-13-17)28-20-11-8-7-10-19(20)26-25(27)28/h7-8,10-15,21-22H,4-6,9,16H2,1-3H3/t21-,22-/m0/s1. The summed E-state index contributed by atoms with van der Waals surface area (Å²) < 4.78 is 7.46. The number of benzene rings is 2. The largest absolute Gasteiger partial charge is 0.465 e. The number of anilines is 1. The van der Waals surface area contributed by atoms with Crippen molar-refractivity contribution in [1.82, 2.24) is 9.55 Å². The third-order valence-electron chi connectivity index (χ3n) is 5.93. The van der Waals surface area contributed by atoms with Gasteiger partial charge in [0, 0.05) is 11.4 Å². The average Bonchev–Trinajstić information content (AvgIpc) is 3.19. The first kappa shape index (κ1) is 22.4. The molecule has 0 bridgehead atoms. The summed E-state index contributed by atoms with van der Waals surface area (Å²) in [5.74, 6) is -1.07. The number of aromatic nitrogens is 2. The van der Waals surface area contributed by atoms with Gasteiger partial charge in [0.15, 0.2) is 5.92 Å². The highest BCUT2D eigenvalue weighted by Crippen LogP contribution is 2.41. The predicted octanol–water partition coefficient (Wildman–Crippen LogP) is 5.06. The van der Waals surface area contributed by atoms with E-state index in [1.807, 2.05) is 54.8 Å². The number of esters is 1. The van der Waals surface area contributed by atoms with Crippen LogP contribution >= 0.6 is 11.8 Å². The molecule has 0 unspecified atom stereocenters. The minimum Gasteiger partial charge on any atom is -0.465 e. The first-order chi connectivity index (χ1) is 15.6. The molecule has 0 N–H and O–H groups in total. The zero-order valence-corrected chi connectivity index (χ0v) is 19.6. The Kier molecular flexibility index (Phi) is 6.84. The van der Waals surface area contributed by atoms with Gasteiger partial charge in [0.05, 0.1) is 23.7 Å². The second-order valence-corrected chi connectivity index (χ2v) is 8.79. The zero-order valence-electron chi connectivity index (χ0n) is 18.8. The van der Waals surface area contributed by atoms with E-state index in [2.05, 4.69) is 11.5 Å². The smallest absolute Gasteiger partial charge is 0.321 e. The molecule has 1 amide bonds. The summed E-state index contributed by atoms with van der Waals surface area (Å²) in [5.41, 5.74) is 2.61. The van der Waals surface area contributed by atoms with Gasteiger partial charge in [-0.25, -0.2) is 4.98 Å². The van der Waals surface area contributed by atoms with Crippen LogP contribution in [0.2, 0.25) is 0 Å². The Bertz CT molecular complexity index is 1110. The van der Waals surface area contributed by atoms with E-state index in [1.165, 1.54) is 0 Å². The average molecular weight is 452 g/mol. The highest BCUT2D eigenvalue weighted by molar-refractivity contribution is 7.98. The molecule has 3 aromatic rings. The van der Waals surface area contributed by atoms with Crippen LogP contribution in [0.25, 0.3) is 11.0 Å². The van der Waals surface area contributed by atoms with Gasteiger partial charge in [0.1, 0.15) is 0 Å². The van der Waals surface area contributed by atoms with Crippen LogP contribution in [0, 0.1) is 5.92 Å². The molecule has 2 heterocycles. The maximum Gasteiger partial charge on any atom is 0.321 e. The van der Waals surface area contributed by atoms with Gasteiger partial charge in [0.25, 0.3) is 0 Å². The lowest BCUT2D eigenvalue weighted by Crippen LogP contribution is -2.50. The first-order valence-electron chi connectivity index (χ1n) is 11.2. The van der Waals surface area contributed by atoms with E-state index in [-0.39, 0.29) is 12.5 Å². The van der Waals surface area contributed by atoms with E-state index in [0.29, 0.717) is 12.5 Å². The van der Waals surface area contributed by atoms with Crippen molar-refractivity contribution in [2.24, 2.45) is 5.92 Å². The van der Waals surface area contributed by atoms with Crippen LogP contribution in [0.15, 0.2) is 53.4 Å². The molecule has 32 heavy (non-hydrogen) atoms. The van der Waals surface area contributed by atoms with Crippen LogP contribution in [0.3, 0.4) is 0 Å². The summed E-state index contributed by atoms with van der Waals surface area (Å²) in [6.45, 7) is 4.66. The SMILES string of the molecule is CCCCCN1C(=O)[C@@H](C(=O)OCC)[C@H](c2ccc(SC)cc2)n2c1nc1ccccc12. The Morgan fingerprint density at radius 1 is 1.09 bits per heavy atom. The lowest BCUT2D eigenvalue weighted by atomic mass is 9.89. The van der Waals surface area contributed by atoms with E-state index in [1.54, 1.807) is 23.6 Å². The van der Waals surface area contributed by atoms with Gasteiger partial charge >= 0.3 is 5.97 Å². The molecule has 0 saturated carbocycles. The Labute approximate surface area is 193 Å². The molecule has 1 aromatic heterocycles. The minimum atomic E-state index is -0.957. The van der Waals surface area contributed by atoms with Crippen molar-refractivity contribution in [1.29, 1.82) is 0 Å². The lowest BCUT2D eigenvalue weighted by molar-refractivity contribution is -0.153. The lowest BCUT2D eigenvalue weighted by Gasteiger charge is -2.38. The molecule has 7 heteroatoms. The third kappa shape index (κ3) is 4.01. The monoisotopic (exact) mass is 451 g/mol. The Hall–Kier alpha value is -2.80. The van der Waals surface area contributed by atoms with Gasteiger partial charge in [-0.15, -0.1) is 11.8 Å². The zero-order chi connectivity index (χ0) is 22.7. The second-order valence-electron chi connectivity index (χ2n) is 7.92. The van der Waals surface area contributed by atoms with Gasteiger partial charge in [0.2, 0.25) is 11.9 Å². The Balaban J connectivity index is 1.92. The molecule has 1 aliphatic heterocycles. The van der Waals surface area contributed by atoms with Crippen LogP contribution in [0.4, 0.5) is 5.95 Å². The Morgan fingerprint density at radius 3 is 2.53 bits per heavy atom. The highest BCUT2D eigenvalue weighted by Gasteiger charge is 2.47. The molecule has 4 rings (SSSR count). The molecular weight excluding hydrogens is 422 g/mol. The number of carbonyl (C=O) groups excluding carboxylic acids is 2. The van der Waals surface area contributed by atoms with Crippen molar-refractivity contribution in [3.05, 3.63) is 54.1 Å². The number of amides is 1. The maximum atomic E-state index is 13.8. The number of imidazole rings is 1. The van der Waals surface area contributed by atoms with Gasteiger partial charge in [-0.3, -0.25) is 14.5 Å². The quantitative estimate of drug-likeness (QED) is 0.207. The molecule has 0 aliphatic carbocycles. The molecular formula is C25H29N3O3S. The summed E-state index contributed by atoms with van der Waals surface area (Å²) >= 11 is 1.66. The van der Waals surface area contributed by atoms with Crippen LogP contribution in [0.1, 0.15) is 44.7 Å². The molecule has 2 aromatic carbocycles. The molecule has 0 fully saturated rings. The second kappa shape index (κ2) is 9.77. The summed E-state index contributed by atoms with van der Waals surface area (Å²) in [5, 5.41) is 0. The van der Waals surface area contributed by atoms with E-state index in [0.717, 1.165) is 40.8 Å². The van der Waals surface area contributed by atoms with E-state index in [9.17, 15) is 9.59 Å². The van der Waals surface area contributed by atoms with Crippen molar-refractivity contribution in [2.45, 2.75) is 44.0 Å². The molecule has 168 valence electrons. The summed E-state index contributed by atoms with van der Waals surface area (Å²) in [6, 6.07) is 15.4. The number of unbranched alkanes of at least 4 members (excludes halogenated alkanes) is 2. The van der Waals surface area contributed by atoms with Crippen molar-refractivity contribution >= 4 is 40.6 Å². The number of ether oxygens (including phenoxy) is 1. The van der Waals surface area contributed by atoms with Crippen molar-refractivity contribution in [3.8, 4) is 0 Å². The molecule has 1 aliphatic rings. The minimum absolute atomic E-state index is 0.230. The highest BCUT2D eigenvalue weighted by atomic mass is 32.2. The van der Waals surface area contributed by atoms with Crippen LogP contribution in [-0.4, -0.2) is 40.8 Å². The van der Waals surface area contributed by atoms with Gasteiger partial charge in [-0.1, -0.05) is 44.0 Å². The topological polar surface area (TPSA) is 64.4 Å². The fourth-order valence-corrected chi connectivity index (χ4v) is 4.79. The Morgan fingerprint density at radius 2 is 1.84 bits per heavy atom. The fraction of sp³-hybridized carbons (Fsp3) is 0.400. The third-order valence-corrected chi connectivity index (χ3v) is 6.67. The van der Waals surface area contributed by atoms with Crippen molar-refractivity contribution in [3.63, 3.8) is 0 Å². The fourth-order valence-electron chi connectivity index (χ4n) is 4.38. The number of rotatable bonds is 8. The number of carbonyl (C=O) groups is 2. The van der Waals surface area contributed by atoms with E-state index >= 15 is 0 Å². The van der Waals surface area contributed by atoms with E-state index < -0.39 is 17.9 Å².